The number of benzene rings is 2. The Labute approximate surface area is 184 Å². The van der Waals surface area contributed by atoms with Crippen molar-refractivity contribution in [2.24, 2.45) is 0 Å². The van der Waals surface area contributed by atoms with Crippen LogP contribution >= 0.6 is 23.4 Å². The number of fused-ring (bicyclic) bond motifs is 1. The summed E-state index contributed by atoms with van der Waals surface area (Å²) in [6.07, 6.45) is 0. The van der Waals surface area contributed by atoms with Gasteiger partial charge in [-0.15, -0.1) is 5.10 Å². The smallest absolute Gasteiger partial charge is 0.423 e. The van der Waals surface area contributed by atoms with Gasteiger partial charge in [0.1, 0.15) is 5.69 Å². The Morgan fingerprint density at radius 1 is 1.07 bits per heavy atom. The zero-order valence-corrected chi connectivity index (χ0v) is 18.8. The number of rotatable bonds is 6. The van der Waals surface area contributed by atoms with Crippen molar-refractivity contribution in [3.63, 3.8) is 0 Å². The molecule has 2 aromatic carbocycles. The summed E-state index contributed by atoms with van der Waals surface area (Å²) in [4.78, 5) is 4.70. The van der Waals surface area contributed by atoms with E-state index in [2.05, 4.69) is 27.8 Å². The minimum atomic E-state index is 0.657. The van der Waals surface area contributed by atoms with Crippen LogP contribution in [0.5, 0.6) is 11.5 Å². The highest BCUT2D eigenvalue weighted by Gasteiger charge is 2.24. The largest absolute Gasteiger partial charge is 0.493 e. The molecule has 1 N–H and O–H groups in total. The number of aryl methyl sites for hydroxylation is 1. The minimum absolute atomic E-state index is 0.657. The number of nitrogens with zero attached hydrogens (tertiary/aromatic N) is 3. The van der Waals surface area contributed by atoms with Crippen LogP contribution in [0.3, 0.4) is 0 Å². The molecule has 4 aromatic rings. The Morgan fingerprint density at radius 3 is 2.43 bits per heavy atom. The standard InChI is InChI=1S/C22H22ClN4O2S/c1-5-30-22-24-21(25-26-22)27-13(2)10-15-11-18(28-3)19(29-4)12-17(15)20(27)14-6-8-16(23)9-7-14/h6-12H,5H2,1-4H3,(H,24,25,26)/q+1. The SMILES string of the molecule is CCSc1n[nH]c(-[n+]2c(C)cc3cc(OC)c(OC)cc3c2-c2ccc(Cl)cc2)n1. The quantitative estimate of drug-likeness (QED) is 0.337. The lowest BCUT2D eigenvalue weighted by Gasteiger charge is -2.15. The van der Waals surface area contributed by atoms with Gasteiger partial charge in [0.05, 0.1) is 19.9 Å². The van der Waals surface area contributed by atoms with Gasteiger partial charge in [0, 0.05) is 16.0 Å². The predicted molar refractivity (Wildman–Crippen MR) is 120 cm³/mol. The van der Waals surface area contributed by atoms with Crippen LogP contribution in [0.15, 0.2) is 47.6 Å². The van der Waals surface area contributed by atoms with Crippen molar-refractivity contribution >= 4 is 34.1 Å². The summed E-state index contributed by atoms with van der Waals surface area (Å²) in [6.45, 7) is 4.12. The van der Waals surface area contributed by atoms with Gasteiger partial charge in [-0.25, -0.2) is 0 Å². The number of halogens is 1. The van der Waals surface area contributed by atoms with Gasteiger partial charge in [0.2, 0.25) is 0 Å². The van der Waals surface area contributed by atoms with Crippen LogP contribution in [0, 0.1) is 6.92 Å². The van der Waals surface area contributed by atoms with Crippen molar-refractivity contribution in [3.8, 4) is 28.7 Å². The highest BCUT2D eigenvalue weighted by molar-refractivity contribution is 7.99. The molecule has 0 unspecified atom stereocenters. The molecule has 0 radical (unpaired) electrons. The van der Waals surface area contributed by atoms with Crippen molar-refractivity contribution in [2.45, 2.75) is 19.0 Å². The second-order valence-electron chi connectivity index (χ2n) is 6.65. The monoisotopic (exact) mass is 441 g/mol. The normalized spacial score (nSPS) is 11.1. The fraction of sp³-hybridized carbons (Fsp3) is 0.227. The lowest BCUT2D eigenvalue weighted by atomic mass is 10.0. The third kappa shape index (κ3) is 3.70. The molecule has 0 bridgehead atoms. The Bertz CT molecular complexity index is 1210. The van der Waals surface area contributed by atoms with Crippen LogP contribution in [0.1, 0.15) is 12.6 Å². The number of aromatic nitrogens is 4. The van der Waals surface area contributed by atoms with E-state index in [9.17, 15) is 0 Å². The minimum Gasteiger partial charge on any atom is -0.493 e. The van der Waals surface area contributed by atoms with Crippen molar-refractivity contribution in [1.82, 2.24) is 15.2 Å². The predicted octanol–water partition coefficient (Wildman–Crippen LogP) is 4.99. The van der Waals surface area contributed by atoms with Gasteiger partial charge in [0.25, 0.3) is 5.16 Å². The first-order chi connectivity index (χ1) is 14.5. The number of thioether (sulfide) groups is 1. The highest BCUT2D eigenvalue weighted by atomic mass is 35.5. The molecule has 2 aromatic heterocycles. The molecule has 0 fully saturated rings. The number of hydrogen-bond acceptors (Lipinski definition) is 5. The molecule has 0 saturated heterocycles. The van der Waals surface area contributed by atoms with Gasteiger partial charge in [-0.2, -0.15) is 4.57 Å². The first-order valence-corrected chi connectivity index (χ1v) is 10.8. The molecule has 6 nitrogen and oxygen atoms in total. The van der Waals surface area contributed by atoms with Gasteiger partial charge < -0.3 is 9.47 Å². The van der Waals surface area contributed by atoms with E-state index >= 15 is 0 Å². The number of pyridine rings is 1. The molecule has 30 heavy (non-hydrogen) atoms. The number of H-pyrrole nitrogens is 1. The molecule has 2 heterocycles. The van der Waals surface area contributed by atoms with Crippen LogP contribution in [-0.4, -0.2) is 35.2 Å². The van der Waals surface area contributed by atoms with Gasteiger partial charge in [-0.05, 0) is 65.5 Å². The average Bonchev–Trinajstić information content (AvgIpc) is 3.21. The first kappa shape index (κ1) is 20.5. The maximum Gasteiger partial charge on any atom is 0.423 e. The summed E-state index contributed by atoms with van der Waals surface area (Å²) in [7, 11) is 3.28. The highest BCUT2D eigenvalue weighted by Crippen LogP contribution is 2.36. The Kier molecular flexibility index (Phi) is 5.83. The Hall–Kier alpha value is -2.77. The van der Waals surface area contributed by atoms with Crippen LogP contribution in [0.4, 0.5) is 0 Å². The number of aromatic amines is 1. The van der Waals surface area contributed by atoms with E-state index in [0.717, 1.165) is 33.5 Å². The van der Waals surface area contributed by atoms with Gasteiger partial charge in [-0.1, -0.05) is 35.4 Å². The molecule has 0 saturated carbocycles. The van der Waals surface area contributed by atoms with Crippen LogP contribution < -0.4 is 14.0 Å². The fourth-order valence-corrected chi connectivity index (χ4v) is 4.15. The summed E-state index contributed by atoms with van der Waals surface area (Å²) in [5.74, 6) is 2.91. The van der Waals surface area contributed by atoms with Crippen molar-refractivity contribution < 1.29 is 14.0 Å². The lowest BCUT2D eigenvalue weighted by molar-refractivity contribution is -0.597. The molecule has 154 valence electrons. The van der Waals surface area contributed by atoms with E-state index < -0.39 is 0 Å². The van der Waals surface area contributed by atoms with Gasteiger partial charge >= 0.3 is 5.95 Å². The maximum atomic E-state index is 6.16. The number of ether oxygens (including phenoxy) is 2. The molecular weight excluding hydrogens is 420 g/mol. The second-order valence-corrected chi connectivity index (χ2v) is 8.31. The molecular formula is C22H22ClN4O2S+. The summed E-state index contributed by atoms with van der Waals surface area (Å²) in [5.41, 5.74) is 2.97. The molecule has 0 atom stereocenters. The van der Waals surface area contributed by atoms with E-state index in [1.54, 1.807) is 26.0 Å². The van der Waals surface area contributed by atoms with Gasteiger partial charge in [0.15, 0.2) is 11.5 Å². The fourth-order valence-electron chi connectivity index (χ4n) is 3.50. The second kappa shape index (κ2) is 8.53. The Balaban J connectivity index is 2.07. The summed E-state index contributed by atoms with van der Waals surface area (Å²) >= 11 is 7.75. The van der Waals surface area contributed by atoms with Crippen molar-refractivity contribution in [2.75, 3.05) is 20.0 Å². The molecule has 0 aliphatic rings. The number of hydrogen-bond donors (Lipinski definition) is 1. The molecule has 0 aliphatic carbocycles. The van der Waals surface area contributed by atoms with E-state index in [-0.39, 0.29) is 0 Å². The van der Waals surface area contributed by atoms with Crippen LogP contribution in [-0.2, 0) is 0 Å². The average molecular weight is 442 g/mol. The number of methoxy groups -OCH3 is 2. The zero-order valence-electron chi connectivity index (χ0n) is 17.2. The topological polar surface area (TPSA) is 63.9 Å². The van der Waals surface area contributed by atoms with E-state index in [4.69, 9.17) is 26.1 Å². The van der Waals surface area contributed by atoms with E-state index in [0.29, 0.717) is 27.6 Å². The van der Waals surface area contributed by atoms with Crippen LogP contribution in [0.25, 0.3) is 28.0 Å². The van der Waals surface area contributed by atoms with E-state index in [1.165, 1.54) is 0 Å². The summed E-state index contributed by atoms with van der Waals surface area (Å²) in [6, 6.07) is 13.9. The molecule has 0 aliphatic heterocycles. The number of nitrogens with one attached hydrogen (secondary N) is 1. The lowest BCUT2D eigenvalue weighted by Crippen LogP contribution is -2.38. The third-order valence-electron chi connectivity index (χ3n) is 4.81. The maximum absolute atomic E-state index is 6.16. The van der Waals surface area contributed by atoms with E-state index in [1.807, 2.05) is 43.3 Å². The summed E-state index contributed by atoms with van der Waals surface area (Å²) < 4.78 is 13.2. The zero-order chi connectivity index (χ0) is 21.3. The Morgan fingerprint density at radius 2 is 1.77 bits per heavy atom. The molecule has 0 amide bonds. The molecule has 4 rings (SSSR count). The van der Waals surface area contributed by atoms with Crippen molar-refractivity contribution in [1.29, 1.82) is 0 Å². The molecule has 8 heteroatoms. The van der Waals surface area contributed by atoms with Crippen LogP contribution in [0.2, 0.25) is 5.02 Å². The molecule has 0 spiro atoms. The first-order valence-electron chi connectivity index (χ1n) is 9.48. The van der Waals surface area contributed by atoms with Gasteiger partial charge in [-0.3, -0.25) is 0 Å². The summed E-state index contributed by atoms with van der Waals surface area (Å²) in [5, 5.41) is 10.9. The van der Waals surface area contributed by atoms with Crippen molar-refractivity contribution in [3.05, 3.63) is 53.2 Å². The third-order valence-corrected chi connectivity index (χ3v) is 5.79.